The van der Waals surface area contributed by atoms with E-state index in [1.165, 1.54) is 18.2 Å². The lowest BCUT2D eigenvalue weighted by atomic mass is 9.86. The van der Waals surface area contributed by atoms with E-state index in [0.717, 1.165) is 25.7 Å². The summed E-state index contributed by atoms with van der Waals surface area (Å²) in [6, 6.07) is 5.76. The first-order chi connectivity index (χ1) is 17.6. The number of halogens is 3. The van der Waals surface area contributed by atoms with E-state index >= 15 is 0 Å². The number of aromatic nitrogens is 2. The van der Waals surface area contributed by atoms with Crippen molar-refractivity contribution in [1.29, 1.82) is 0 Å². The van der Waals surface area contributed by atoms with Crippen LogP contribution in [0.1, 0.15) is 54.6 Å². The first kappa shape index (κ1) is 27.1. The second-order valence-corrected chi connectivity index (χ2v) is 10.2. The topological polar surface area (TPSA) is 113 Å². The average Bonchev–Trinajstić information content (AvgIpc) is 2.84. The van der Waals surface area contributed by atoms with Crippen LogP contribution in [0.25, 0.3) is 0 Å². The summed E-state index contributed by atoms with van der Waals surface area (Å²) in [5.41, 5.74) is 1.26. The van der Waals surface area contributed by atoms with E-state index in [2.05, 4.69) is 20.6 Å². The molecule has 1 amide bonds. The highest BCUT2D eigenvalue weighted by Gasteiger charge is 2.40. The summed E-state index contributed by atoms with van der Waals surface area (Å²) in [5.74, 6) is -3.03. The molecule has 1 aromatic carbocycles. The van der Waals surface area contributed by atoms with Crippen LogP contribution < -0.4 is 15.5 Å². The highest BCUT2D eigenvalue weighted by atomic mass is 35.5. The van der Waals surface area contributed by atoms with Crippen molar-refractivity contribution in [2.75, 3.05) is 36.4 Å². The summed E-state index contributed by atoms with van der Waals surface area (Å²) in [7, 11) is 0. The molecule has 0 aliphatic carbocycles. The van der Waals surface area contributed by atoms with E-state index in [-0.39, 0.29) is 23.2 Å². The van der Waals surface area contributed by atoms with Gasteiger partial charge in [0.05, 0.1) is 16.2 Å². The first-order valence-electron chi connectivity index (χ1n) is 12.6. The van der Waals surface area contributed by atoms with Gasteiger partial charge >= 0.3 is 0 Å². The number of nitro groups is 1. The molecule has 12 heteroatoms. The Hall–Kier alpha value is -2.92. The number of alkyl halides is 2. The van der Waals surface area contributed by atoms with E-state index in [9.17, 15) is 23.7 Å². The molecule has 0 bridgehead atoms. The Morgan fingerprint density at radius 2 is 2.03 bits per heavy atom. The summed E-state index contributed by atoms with van der Waals surface area (Å²) in [5, 5.41) is 17.2. The van der Waals surface area contributed by atoms with Crippen LogP contribution in [-0.4, -0.2) is 52.9 Å². The smallest absolute Gasteiger partial charge is 0.271 e. The van der Waals surface area contributed by atoms with Crippen LogP contribution in [0.5, 0.6) is 0 Å². The number of hydrogen-bond donors (Lipinski definition) is 2. The van der Waals surface area contributed by atoms with E-state index < -0.39 is 22.7 Å². The predicted octanol–water partition coefficient (Wildman–Crippen LogP) is 5.23. The van der Waals surface area contributed by atoms with Crippen LogP contribution in [0.2, 0.25) is 5.28 Å². The molecule has 2 aromatic rings. The number of amides is 1. The fraction of sp³-hybridized carbons (Fsp3) is 0.560. The molecule has 0 saturated carbocycles. The SMILES string of the molecule is Cc1cc(NC(=O)c2ccc([N+](=O)[O-])cc2N2CCC(CCCC3CNCCC3(F)F)CC2)nc(Cl)n1. The van der Waals surface area contributed by atoms with Crippen molar-refractivity contribution < 1.29 is 18.5 Å². The molecule has 37 heavy (non-hydrogen) atoms. The van der Waals surface area contributed by atoms with Gasteiger partial charge in [-0.3, -0.25) is 14.9 Å². The Labute approximate surface area is 219 Å². The molecule has 3 heterocycles. The standard InChI is InChI=1S/C25H31ClF2N6O3/c1-16-13-22(32-24(26)30-16)31-23(35)20-6-5-19(34(36)37)14-21(20)33-11-7-17(8-12-33)3-2-4-18-15-29-10-9-25(18,27)28/h5-6,13-14,17-18,29H,2-4,7-12,15H2,1H3,(H,30,31,32,35). The number of hydrogen-bond acceptors (Lipinski definition) is 7. The number of carbonyl (C=O) groups excluding carboxylic acids is 1. The van der Waals surface area contributed by atoms with Crippen LogP contribution in [-0.2, 0) is 0 Å². The van der Waals surface area contributed by atoms with Gasteiger partial charge in [-0.2, -0.15) is 0 Å². The number of piperidine rings is 2. The summed E-state index contributed by atoms with van der Waals surface area (Å²) in [6.07, 6.45) is 3.67. The first-order valence-corrected chi connectivity index (χ1v) is 12.9. The number of nitrogens with one attached hydrogen (secondary N) is 2. The van der Waals surface area contributed by atoms with Crippen LogP contribution in [0.3, 0.4) is 0 Å². The minimum atomic E-state index is -2.59. The molecule has 200 valence electrons. The zero-order valence-electron chi connectivity index (χ0n) is 20.7. The normalized spacial score (nSPS) is 20.0. The molecule has 0 spiro atoms. The third kappa shape index (κ3) is 6.89. The monoisotopic (exact) mass is 536 g/mol. The molecule has 2 aliphatic heterocycles. The number of non-ortho nitro benzene ring substituents is 1. The van der Waals surface area contributed by atoms with Gasteiger partial charge in [0.15, 0.2) is 0 Å². The molecule has 0 radical (unpaired) electrons. The average molecular weight is 537 g/mol. The lowest BCUT2D eigenvalue weighted by Crippen LogP contribution is -2.44. The van der Waals surface area contributed by atoms with Crippen LogP contribution in [0, 0.1) is 28.9 Å². The minimum absolute atomic E-state index is 0.00441. The van der Waals surface area contributed by atoms with Crippen molar-refractivity contribution in [2.45, 2.75) is 51.4 Å². The van der Waals surface area contributed by atoms with Crippen LogP contribution >= 0.6 is 11.6 Å². The largest absolute Gasteiger partial charge is 0.371 e. The Morgan fingerprint density at radius 1 is 1.27 bits per heavy atom. The van der Waals surface area contributed by atoms with Gasteiger partial charge in [0.25, 0.3) is 17.5 Å². The highest BCUT2D eigenvalue weighted by Crippen LogP contribution is 2.36. The van der Waals surface area contributed by atoms with Crippen LogP contribution in [0.4, 0.5) is 26.0 Å². The van der Waals surface area contributed by atoms with E-state index in [1.54, 1.807) is 13.0 Å². The van der Waals surface area contributed by atoms with Crippen molar-refractivity contribution in [1.82, 2.24) is 15.3 Å². The van der Waals surface area contributed by atoms with E-state index in [1.807, 2.05) is 4.90 Å². The van der Waals surface area contributed by atoms with Crippen molar-refractivity contribution in [2.24, 2.45) is 11.8 Å². The molecular formula is C25H31ClF2N6O3. The summed E-state index contributed by atoms with van der Waals surface area (Å²) in [4.78, 5) is 34.0. The van der Waals surface area contributed by atoms with Crippen molar-refractivity contribution >= 4 is 34.7 Å². The molecule has 9 nitrogen and oxygen atoms in total. The molecule has 2 N–H and O–H groups in total. The van der Waals surface area contributed by atoms with Crippen molar-refractivity contribution in [3.8, 4) is 0 Å². The zero-order chi connectivity index (χ0) is 26.6. The molecular weight excluding hydrogens is 506 g/mol. The van der Waals surface area contributed by atoms with Crippen molar-refractivity contribution in [3.63, 3.8) is 0 Å². The van der Waals surface area contributed by atoms with Gasteiger partial charge in [-0.15, -0.1) is 0 Å². The molecule has 1 unspecified atom stereocenters. The molecule has 2 fully saturated rings. The van der Waals surface area contributed by atoms with Gasteiger partial charge in [0, 0.05) is 62.4 Å². The predicted molar refractivity (Wildman–Crippen MR) is 138 cm³/mol. The summed E-state index contributed by atoms with van der Waals surface area (Å²) >= 11 is 5.90. The quantitative estimate of drug-likeness (QED) is 0.270. The van der Waals surface area contributed by atoms with E-state index in [0.29, 0.717) is 55.5 Å². The zero-order valence-corrected chi connectivity index (χ0v) is 21.4. The number of benzene rings is 1. The highest BCUT2D eigenvalue weighted by molar-refractivity contribution is 6.28. The van der Waals surface area contributed by atoms with Crippen LogP contribution in [0.15, 0.2) is 24.3 Å². The van der Waals surface area contributed by atoms with Gasteiger partial charge in [0.1, 0.15) is 5.82 Å². The van der Waals surface area contributed by atoms with Gasteiger partial charge in [-0.05, 0) is 49.8 Å². The van der Waals surface area contributed by atoms with Gasteiger partial charge < -0.3 is 15.5 Å². The second-order valence-electron chi connectivity index (χ2n) is 9.85. The third-order valence-electron chi connectivity index (χ3n) is 7.25. The summed E-state index contributed by atoms with van der Waals surface area (Å²) < 4.78 is 28.2. The molecule has 1 aromatic heterocycles. The third-order valence-corrected chi connectivity index (χ3v) is 7.42. The Morgan fingerprint density at radius 3 is 2.70 bits per heavy atom. The molecule has 2 saturated heterocycles. The lowest BCUT2D eigenvalue weighted by molar-refractivity contribution is -0.384. The molecule has 1 atom stereocenters. The Bertz CT molecular complexity index is 1120. The number of nitro benzene ring substituents is 1. The number of aryl methyl sites for hydroxylation is 1. The number of carbonyl (C=O) groups is 1. The fourth-order valence-electron chi connectivity index (χ4n) is 5.18. The minimum Gasteiger partial charge on any atom is -0.371 e. The van der Waals surface area contributed by atoms with E-state index in [4.69, 9.17) is 11.6 Å². The van der Waals surface area contributed by atoms with Gasteiger partial charge in [-0.25, -0.2) is 18.7 Å². The number of anilines is 2. The maximum atomic E-state index is 14.1. The lowest BCUT2D eigenvalue weighted by Gasteiger charge is -2.35. The van der Waals surface area contributed by atoms with Crippen molar-refractivity contribution in [3.05, 3.63) is 50.9 Å². The fourth-order valence-corrected chi connectivity index (χ4v) is 5.41. The summed E-state index contributed by atoms with van der Waals surface area (Å²) in [6.45, 7) is 3.69. The van der Waals surface area contributed by atoms with Gasteiger partial charge in [0.2, 0.25) is 5.28 Å². The Kier molecular flexibility index (Phi) is 8.53. The maximum Gasteiger partial charge on any atom is 0.271 e. The second kappa shape index (κ2) is 11.6. The molecule has 4 rings (SSSR count). The Balaban J connectivity index is 1.40. The number of rotatable bonds is 8. The number of nitrogens with zero attached hydrogens (tertiary/aromatic N) is 4. The van der Waals surface area contributed by atoms with Gasteiger partial charge in [-0.1, -0.05) is 12.8 Å². The maximum absolute atomic E-state index is 14.1. The molecule has 2 aliphatic rings.